The van der Waals surface area contributed by atoms with Gasteiger partial charge in [-0.1, -0.05) is 48.5 Å². The van der Waals surface area contributed by atoms with Crippen LogP contribution < -0.4 is 16.1 Å². The van der Waals surface area contributed by atoms with Crippen molar-refractivity contribution in [3.63, 3.8) is 0 Å². The van der Waals surface area contributed by atoms with Crippen LogP contribution in [0.5, 0.6) is 0 Å². The third kappa shape index (κ3) is 7.25. The summed E-state index contributed by atoms with van der Waals surface area (Å²) in [7, 11) is 1.65. The van der Waals surface area contributed by atoms with Crippen molar-refractivity contribution >= 4 is 23.6 Å². The minimum atomic E-state index is -0.487. The van der Waals surface area contributed by atoms with E-state index in [9.17, 15) is 14.4 Å². The number of hydrogen-bond acceptors (Lipinski definition) is 6. The van der Waals surface area contributed by atoms with Gasteiger partial charge in [0.15, 0.2) is 0 Å². The molecule has 1 radical (unpaired) electrons. The third-order valence-electron chi connectivity index (χ3n) is 6.68. The van der Waals surface area contributed by atoms with Gasteiger partial charge < -0.3 is 20.7 Å². The van der Waals surface area contributed by atoms with E-state index < -0.39 is 6.09 Å². The topological polar surface area (TPSA) is 108 Å². The van der Waals surface area contributed by atoms with Crippen LogP contribution >= 0.6 is 0 Å². The summed E-state index contributed by atoms with van der Waals surface area (Å²) in [5, 5.41) is 6.35. The Morgan fingerprint density at radius 1 is 0.900 bits per heavy atom. The van der Waals surface area contributed by atoms with Crippen LogP contribution in [0, 0.1) is 6.42 Å². The van der Waals surface area contributed by atoms with Crippen molar-refractivity contribution in [1.82, 2.24) is 15.2 Å². The molecule has 0 spiro atoms. The number of para-hydroxylation sites is 1. The standard InChI is InChI=1S/C31H36N5O4/c1-34(30(38)26-16-14-25(15-17-26)29(37)33-19-18-32)22-23-40-31(39)36(35-20-8-3-9-21-35)28-13-7-6-12-27(28)24-10-4-2-5-11-24/h2-7,10-17H,8-9,18-23,32H2,1H3,(H,33,37). The first-order valence-electron chi connectivity index (χ1n) is 13.5. The number of carbonyl (C=O) groups is 3. The molecule has 3 aromatic rings. The number of amides is 3. The van der Waals surface area contributed by atoms with Gasteiger partial charge in [-0.25, -0.2) is 14.8 Å². The van der Waals surface area contributed by atoms with Crippen molar-refractivity contribution in [1.29, 1.82) is 0 Å². The summed E-state index contributed by atoms with van der Waals surface area (Å²) < 4.78 is 5.73. The van der Waals surface area contributed by atoms with Crippen LogP contribution in [-0.2, 0) is 4.74 Å². The van der Waals surface area contributed by atoms with Crippen LogP contribution in [0.4, 0.5) is 10.5 Å². The van der Waals surface area contributed by atoms with E-state index in [1.54, 1.807) is 36.3 Å². The number of nitrogens with one attached hydrogen (secondary N) is 1. The molecule has 209 valence electrons. The lowest BCUT2D eigenvalue weighted by Crippen LogP contribution is -2.50. The molecule has 0 bridgehead atoms. The van der Waals surface area contributed by atoms with Crippen molar-refractivity contribution in [3.05, 3.63) is 96.4 Å². The molecule has 40 heavy (non-hydrogen) atoms. The quantitative estimate of drug-likeness (QED) is 0.401. The van der Waals surface area contributed by atoms with Crippen molar-refractivity contribution in [2.24, 2.45) is 5.73 Å². The maximum atomic E-state index is 13.5. The number of anilines is 1. The number of carbonyl (C=O) groups excluding carboxylic acids is 3. The molecule has 9 heteroatoms. The van der Waals surface area contributed by atoms with E-state index in [1.807, 2.05) is 59.6 Å². The maximum absolute atomic E-state index is 13.5. The Morgan fingerprint density at radius 3 is 2.25 bits per heavy atom. The fraction of sp³-hybridized carbons (Fsp3) is 0.290. The van der Waals surface area contributed by atoms with Crippen LogP contribution in [0.1, 0.15) is 33.6 Å². The summed E-state index contributed by atoms with van der Waals surface area (Å²) in [6, 6.07) is 24.2. The van der Waals surface area contributed by atoms with Gasteiger partial charge in [0.25, 0.3) is 11.8 Å². The molecule has 1 aliphatic rings. The van der Waals surface area contributed by atoms with E-state index in [-0.39, 0.29) is 25.0 Å². The summed E-state index contributed by atoms with van der Waals surface area (Å²) in [4.78, 5) is 40.0. The zero-order valence-corrected chi connectivity index (χ0v) is 22.8. The summed E-state index contributed by atoms with van der Waals surface area (Å²) in [5.41, 5.74) is 9.00. The average Bonchev–Trinajstić information content (AvgIpc) is 3.01. The first-order valence-corrected chi connectivity index (χ1v) is 13.5. The number of nitrogens with two attached hydrogens (primary N) is 1. The monoisotopic (exact) mass is 542 g/mol. The third-order valence-corrected chi connectivity index (χ3v) is 6.68. The molecule has 1 saturated heterocycles. The number of rotatable bonds is 10. The number of benzene rings is 3. The Labute approximate surface area is 235 Å². The Balaban J connectivity index is 1.42. The van der Waals surface area contributed by atoms with Gasteiger partial charge in [0.2, 0.25) is 0 Å². The minimum Gasteiger partial charge on any atom is -0.446 e. The van der Waals surface area contributed by atoms with Gasteiger partial charge in [-0.2, -0.15) is 0 Å². The fourth-order valence-electron chi connectivity index (χ4n) is 4.53. The van der Waals surface area contributed by atoms with E-state index >= 15 is 0 Å². The first kappa shape index (κ1) is 28.8. The highest BCUT2D eigenvalue weighted by atomic mass is 16.6. The molecule has 0 aliphatic carbocycles. The van der Waals surface area contributed by atoms with Crippen LogP contribution in [0.25, 0.3) is 11.1 Å². The SMILES string of the molecule is CN(CCOC(=O)N(c1ccccc1-c1ccccc1)N1CC[CH]CC1)C(=O)c1ccc(C(=O)NCCN)cc1. The van der Waals surface area contributed by atoms with Crippen LogP contribution in [0.3, 0.4) is 0 Å². The maximum Gasteiger partial charge on any atom is 0.429 e. The smallest absolute Gasteiger partial charge is 0.429 e. The normalized spacial score (nSPS) is 13.3. The number of nitrogens with zero attached hydrogens (tertiary/aromatic N) is 3. The molecule has 3 amide bonds. The van der Waals surface area contributed by atoms with Gasteiger partial charge in [-0.3, -0.25) is 9.59 Å². The molecule has 3 aromatic carbocycles. The molecular formula is C31H36N5O4. The summed E-state index contributed by atoms with van der Waals surface area (Å²) in [6.45, 7) is 2.39. The van der Waals surface area contributed by atoms with E-state index in [0.717, 1.165) is 29.7 Å². The highest BCUT2D eigenvalue weighted by molar-refractivity contribution is 5.98. The lowest BCUT2D eigenvalue weighted by molar-refractivity contribution is 0.0734. The van der Waals surface area contributed by atoms with Crippen molar-refractivity contribution in [2.45, 2.75) is 12.8 Å². The largest absolute Gasteiger partial charge is 0.446 e. The van der Waals surface area contributed by atoms with E-state index in [0.29, 0.717) is 37.3 Å². The molecule has 3 N–H and O–H groups in total. The molecule has 0 saturated carbocycles. The lowest BCUT2D eigenvalue weighted by atomic mass is 10.0. The van der Waals surface area contributed by atoms with Crippen molar-refractivity contribution in [3.8, 4) is 11.1 Å². The molecule has 1 fully saturated rings. The predicted molar refractivity (Wildman–Crippen MR) is 156 cm³/mol. The van der Waals surface area contributed by atoms with Crippen molar-refractivity contribution in [2.75, 3.05) is 51.4 Å². The van der Waals surface area contributed by atoms with Gasteiger partial charge in [-0.15, -0.1) is 0 Å². The summed E-state index contributed by atoms with van der Waals surface area (Å²) in [5.74, 6) is -0.475. The van der Waals surface area contributed by atoms with Crippen molar-refractivity contribution < 1.29 is 19.1 Å². The second kappa shape index (κ2) is 14.3. The molecule has 0 aromatic heterocycles. The molecule has 1 heterocycles. The summed E-state index contributed by atoms with van der Waals surface area (Å²) >= 11 is 0. The summed E-state index contributed by atoms with van der Waals surface area (Å²) in [6.07, 6.45) is 3.49. The molecule has 0 atom stereocenters. The lowest BCUT2D eigenvalue weighted by Gasteiger charge is -2.37. The van der Waals surface area contributed by atoms with Crippen LogP contribution in [0.15, 0.2) is 78.9 Å². The van der Waals surface area contributed by atoms with Crippen LogP contribution in [-0.4, -0.2) is 74.2 Å². The van der Waals surface area contributed by atoms with E-state index in [2.05, 4.69) is 11.7 Å². The van der Waals surface area contributed by atoms with Gasteiger partial charge in [-0.05, 0) is 55.2 Å². The number of hydrogen-bond donors (Lipinski definition) is 2. The Hall–Kier alpha value is -4.21. The zero-order chi connectivity index (χ0) is 28.3. The Bertz CT molecular complexity index is 1280. The first-order chi connectivity index (χ1) is 19.5. The second-order valence-corrected chi connectivity index (χ2v) is 9.48. The highest BCUT2D eigenvalue weighted by Gasteiger charge is 2.28. The average molecular weight is 543 g/mol. The highest BCUT2D eigenvalue weighted by Crippen LogP contribution is 2.33. The van der Waals surface area contributed by atoms with Gasteiger partial charge in [0.05, 0.1) is 12.2 Å². The fourth-order valence-corrected chi connectivity index (χ4v) is 4.53. The number of piperidine rings is 1. The Kier molecular flexibility index (Phi) is 10.3. The number of ether oxygens (including phenoxy) is 1. The van der Waals surface area contributed by atoms with E-state index in [4.69, 9.17) is 10.5 Å². The van der Waals surface area contributed by atoms with Crippen LogP contribution in [0.2, 0.25) is 0 Å². The second-order valence-electron chi connectivity index (χ2n) is 9.48. The number of hydrazine groups is 1. The predicted octanol–water partition coefficient (Wildman–Crippen LogP) is 3.97. The molecule has 9 nitrogen and oxygen atoms in total. The molecule has 1 aliphatic heterocycles. The zero-order valence-electron chi connectivity index (χ0n) is 22.8. The van der Waals surface area contributed by atoms with E-state index in [1.165, 1.54) is 4.90 Å². The van der Waals surface area contributed by atoms with Gasteiger partial charge >= 0.3 is 6.09 Å². The van der Waals surface area contributed by atoms with Gasteiger partial charge in [0.1, 0.15) is 6.61 Å². The van der Waals surface area contributed by atoms with Gasteiger partial charge in [0, 0.05) is 49.9 Å². The molecular weight excluding hydrogens is 506 g/mol. The number of likely N-dealkylation sites (N-methyl/N-ethyl adjacent to an activating group) is 1. The Morgan fingerprint density at radius 2 is 1.55 bits per heavy atom. The molecule has 0 unspecified atom stereocenters. The molecule has 4 rings (SSSR count). The minimum absolute atomic E-state index is 0.0324.